The first-order valence-corrected chi connectivity index (χ1v) is 6.30. The molecule has 0 unspecified atom stereocenters. The van der Waals surface area contributed by atoms with Crippen LogP contribution in [0.1, 0.15) is 28.4 Å². The standard InChI is InChI=1S/C11H18N2OS/c1-8-9(2)15-11(12-8)6-13-5-3-4-10(13)7-14/h10,14H,3-7H2,1-2H3/t10-/m0/s1. The second-order valence-corrected chi connectivity index (χ2v) is 5.49. The molecule has 1 aromatic heterocycles. The van der Waals surface area contributed by atoms with Gasteiger partial charge in [0.05, 0.1) is 18.8 Å². The third-order valence-electron chi connectivity index (χ3n) is 3.12. The van der Waals surface area contributed by atoms with Crippen LogP contribution in [0, 0.1) is 13.8 Å². The maximum Gasteiger partial charge on any atom is 0.107 e. The zero-order valence-corrected chi connectivity index (χ0v) is 10.2. The number of aliphatic hydroxyl groups excluding tert-OH is 1. The van der Waals surface area contributed by atoms with Crippen LogP contribution in [0.2, 0.25) is 0 Å². The van der Waals surface area contributed by atoms with Gasteiger partial charge in [-0.3, -0.25) is 4.90 Å². The van der Waals surface area contributed by atoms with Gasteiger partial charge < -0.3 is 5.11 Å². The highest BCUT2D eigenvalue weighted by Gasteiger charge is 2.24. The maximum absolute atomic E-state index is 9.22. The molecule has 2 heterocycles. The van der Waals surface area contributed by atoms with Crippen LogP contribution in [0.15, 0.2) is 0 Å². The van der Waals surface area contributed by atoms with Gasteiger partial charge in [-0.25, -0.2) is 4.98 Å². The van der Waals surface area contributed by atoms with E-state index in [2.05, 4.69) is 23.7 Å². The molecule has 15 heavy (non-hydrogen) atoms. The Labute approximate surface area is 94.8 Å². The summed E-state index contributed by atoms with van der Waals surface area (Å²) in [4.78, 5) is 8.19. The largest absolute Gasteiger partial charge is 0.395 e. The summed E-state index contributed by atoms with van der Waals surface area (Å²) in [7, 11) is 0. The molecule has 0 aliphatic carbocycles. The molecule has 2 rings (SSSR count). The van der Waals surface area contributed by atoms with E-state index in [1.807, 2.05) is 0 Å². The molecule has 1 atom stereocenters. The van der Waals surface area contributed by atoms with Crippen molar-refractivity contribution in [1.29, 1.82) is 0 Å². The first-order chi connectivity index (χ1) is 7.20. The van der Waals surface area contributed by atoms with Crippen molar-refractivity contribution in [1.82, 2.24) is 9.88 Å². The second kappa shape index (κ2) is 4.60. The van der Waals surface area contributed by atoms with E-state index in [-0.39, 0.29) is 6.61 Å². The lowest BCUT2D eigenvalue weighted by atomic mass is 10.2. The monoisotopic (exact) mass is 226 g/mol. The molecule has 0 bridgehead atoms. The van der Waals surface area contributed by atoms with E-state index in [0.29, 0.717) is 6.04 Å². The minimum Gasteiger partial charge on any atom is -0.395 e. The molecule has 1 fully saturated rings. The summed E-state index contributed by atoms with van der Waals surface area (Å²) in [6.07, 6.45) is 2.33. The molecule has 0 aromatic carbocycles. The van der Waals surface area contributed by atoms with Crippen LogP contribution in [0.4, 0.5) is 0 Å². The van der Waals surface area contributed by atoms with E-state index in [1.54, 1.807) is 11.3 Å². The number of hydrogen-bond donors (Lipinski definition) is 1. The number of aryl methyl sites for hydroxylation is 2. The molecular weight excluding hydrogens is 208 g/mol. The fourth-order valence-corrected chi connectivity index (χ4v) is 3.05. The lowest BCUT2D eigenvalue weighted by molar-refractivity contribution is 0.153. The average Bonchev–Trinajstić information content (AvgIpc) is 2.75. The van der Waals surface area contributed by atoms with E-state index in [0.717, 1.165) is 25.2 Å². The summed E-state index contributed by atoms with van der Waals surface area (Å²) < 4.78 is 0. The van der Waals surface area contributed by atoms with E-state index >= 15 is 0 Å². The van der Waals surface area contributed by atoms with Crippen LogP contribution in [-0.2, 0) is 6.54 Å². The fourth-order valence-electron chi connectivity index (χ4n) is 2.09. The quantitative estimate of drug-likeness (QED) is 0.852. The minimum atomic E-state index is 0.281. The van der Waals surface area contributed by atoms with Crippen molar-refractivity contribution in [2.45, 2.75) is 39.3 Å². The van der Waals surface area contributed by atoms with Crippen molar-refractivity contribution < 1.29 is 5.11 Å². The van der Waals surface area contributed by atoms with E-state index in [1.165, 1.54) is 16.3 Å². The van der Waals surface area contributed by atoms with Crippen LogP contribution in [0.5, 0.6) is 0 Å². The van der Waals surface area contributed by atoms with Crippen molar-refractivity contribution in [3.05, 3.63) is 15.6 Å². The van der Waals surface area contributed by atoms with Gasteiger partial charge >= 0.3 is 0 Å². The summed E-state index contributed by atoms with van der Waals surface area (Å²) in [6.45, 7) is 6.46. The SMILES string of the molecule is Cc1nc(CN2CCC[C@H]2CO)sc1C. The molecule has 0 spiro atoms. The van der Waals surface area contributed by atoms with Crippen LogP contribution >= 0.6 is 11.3 Å². The van der Waals surface area contributed by atoms with Gasteiger partial charge in [-0.1, -0.05) is 0 Å². The molecule has 1 saturated heterocycles. The van der Waals surface area contributed by atoms with Gasteiger partial charge in [0, 0.05) is 10.9 Å². The van der Waals surface area contributed by atoms with Gasteiger partial charge in [0.2, 0.25) is 0 Å². The molecule has 1 aliphatic rings. The molecule has 3 nitrogen and oxygen atoms in total. The number of aliphatic hydroxyl groups is 1. The summed E-state index contributed by atoms with van der Waals surface area (Å²) in [5.41, 5.74) is 1.15. The highest BCUT2D eigenvalue weighted by atomic mass is 32.1. The molecule has 0 amide bonds. The van der Waals surface area contributed by atoms with Crippen molar-refractivity contribution in [2.24, 2.45) is 0 Å². The number of rotatable bonds is 3. The Morgan fingerprint density at radius 2 is 2.33 bits per heavy atom. The lowest BCUT2D eigenvalue weighted by Crippen LogP contribution is -2.31. The summed E-state index contributed by atoms with van der Waals surface area (Å²) in [6, 6.07) is 0.356. The maximum atomic E-state index is 9.22. The Bertz CT molecular complexity index is 318. The topological polar surface area (TPSA) is 36.4 Å². The summed E-state index contributed by atoms with van der Waals surface area (Å²) >= 11 is 1.78. The van der Waals surface area contributed by atoms with E-state index in [4.69, 9.17) is 0 Å². The third-order valence-corrected chi connectivity index (χ3v) is 4.18. The molecule has 1 N–H and O–H groups in total. The van der Waals surface area contributed by atoms with E-state index < -0.39 is 0 Å². The number of aromatic nitrogens is 1. The molecule has 1 aliphatic heterocycles. The Kier molecular flexibility index (Phi) is 3.38. The van der Waals surface area contributed by atoms with E-state index in [9.17, 15) is 5.11 Å². The Hall–Kier alpha value is -0.450. The van der Waals surface area contributed by atoms with Gasteiger partial charge in [0.15, 0.2) is 0 Å². The smallest absolute Gasteiger partial charge is 0.107 e. The highest BCUT2D eigenvalue weighted by Crippen LogP contribution is 2.23. The third kappa shape index (κ3) is 2.38. The zero-order chi connectivity index (χ0) is 10.8. The minimum absolute atomic E-state index is 0.281. The van der Waals surface area contributed by atoms with Crippen molar-refractivity contribution in [3.8, 4) is 0 Å². The average molecular weight is 226 g/mol. The molecular formula is C11H18N2OS. The van der Waals surface area contributed by atoms with Crippen LogP contribution < -0.4 is 0 Å². The van der Waals surface area contributed by atoms with Gasteiger partial charge in [-0.05, 0) is 33.2 Å². The van der Waals surface area contributed by atoms with Gasteiger partial charge in [-0.2, -0.15) is 0 Å². The Morgan fingerprint density at radius 1 is 1.53 bits per heavy atom. The predicted octanol–water partition coefficient (Wildman–Crippen LogP) is 1.72. The van der Waals surface area contributed by atoms with Crippen LogP contribution in [0.3, 0.4) is 0 Å². The Morgan fingerprint density at radius 3 is 2.93 bits per heavy atom. The summed E-state index contributed by atoms with van der Waals surface area (Å²) in [5.74, 6) is 0. The van der Waals surface area contributed by atoms with Crippen LogP contribution in [-0.4, -0.2) is 34.2 Å². The fraction of sp³-hybridized carbons (Fsp3) is 0.727. The van der Waals surface area contributed by atoms with Gasteiger partial charge in [-0.15, -0.1) is 11.3 Å². The lowest BCUT2D eigenvalue weighted by Gasteiger charge is -2.20. The number of thiazole rings is 1. The first-order valence-electron chi connectivity index (χ1n) is 5.48. The van der Waals surface area contributed by atoms with Crippen molar-refractivity contribution in [2.75, 3.05) is 13.2 Å². The van der Waals surface area contributed by atoms with Gasteiger partial charge in [0.25, 0.3) is 0 Å². The summed E-state index contributed by atoms with van der Waals surface area (Å²) in [5, 5.41) is 10.4. The highest BCUT2D eigenvalue weighted by molar-refractivity contribution is 7.11. The number of likely N-dealkylation sites (tertiary alicyclic amines) is 1. The molecule has 4 heteroatoms. The van der Waals surface area contributed by atoms with Gasteiger partial charge in [0.1, 0.15) is 5.01 Å². The number of nitrogens with zero attached hydrogens (tertiary/aromatic N) is 2. The number of hydrogen-bond acceptors (Lipinski definition) is 4. The van der Waals surface area contributed by atoms with Crippen molar-refractivity contribution >= 4 is 11.3 Å². The zero-order valence-electron chi connectivity index (χ0n) is 9.36. The molecule has 1 aromatic rings. The van der Waals surface area contributed by atoms with Crippen LogP contribution in [0.25, 0.3) is 0 Å². The second-order valence-electron chi connectivity index (χ2n) is 4.20. The molecule has 84 valence electrons. The normalized spacial score (nSPS) is 22.5. The molecule has 0 saturated carbocycles. The first kappa shape index (κ1) is 11.0. The predicted molar refractivity (Wildman–Crippen MR) is 62.1 cm³/mol. The Balaban J connectivity index is 2.02. The van der Waals surface area contributed by atoms with Crippen molar-refractivity contribution in [3.63, 3.8) is 0 Å². The molecule has 0 radical (unpaired) electrons.